The normalized spacial score (nSPS) is 26.9. The van der Waals surface area contributed by atoms with E-state index in [4.69, 9.17) is 0 Å². The smallest absolute Gasteiger partial charge is 0.327 e. The highest BCUT2D eigenvalue weighted by Gasteiger charge is 2.65. The molecule has 30 heavy (non-hydrogen) atoms. The van der Waals surface area contributed by atoms with Crippen LogP contribution in [0.1, 0.15) is 55.6 Å². The summed E-state index contributed by atoms with van der Waals surface area (Å²) in [4.78, 5) is 0. The van der Waals surface area contributed by atoms with E-state index < -0.39 is 0 Å². The molecule has 0 amide bonds. The van der Waals surface area contributed by atoms with Gasteiger partial charge in [0.15, 0.2) is 0 Å². The summed E-state index contributed by atoms with van der Waals surface area (Å²) in [7, 11) is 0. The van der Waals surface area contributed by atoms with Crippen molar-refractivity contribution >= 4 is 37.3 Å². The van der Waals surface area contributed by atoms with Crippen LogP contribution in [0, 0.1) is 0 Å². The zero-order chi connectivity index (χ0) is 20.1. The van der Waals surface area contributed by atoms with Gasteiger partial charge in [-0.25, -0.2) is 0 Å². The Morgan fingerprint density at radius 3 is 1.03 bits per heavy atom. The van der Waals surface area contributed by atoms with Crippen molar-refractivity contribution in [3.63, 3.8) is 0 Å². The number of benzene rings is 3. The van der Waals surface area contributed by atoms with Crippen LogP contribution in [0.4, 0.5) is 0 Å². The molecule has 0 saturated carbocycles. The topological polar surface area (TPSA) is 9.72 Å². The highest BCUT2D eigenvalue weighted by atomic mass is 15.4. The van der Waals surface area contributed by atoms with Crippen LogP contribution in [-0.4, -0.2) is 35.1 Å². The molecule has 6 heteroatoms. The molecule has 144 valence electrons. The Morgan fingerprint density at radius 1 is 0.467 bits per heavy atom. The lowest BCUT2D eigenvalue weighted by atomic mass is 9.41. The Balaban J connectivity index is 1.52. The van der Waals surface area contributed by atoms with Crippen molar-refractivity contribution in [3.8, 4) is 0 Å². The maximum Gasteiger partial charge on any atom is 0.327 e. The minimum absolute atomic E-state index is 0.309. The molecule has 4 aliphatic rings. The molecular formula is C24H24B3N3. The number of nitrogens with zero attached hydrogens (tertiary/aromatic N) is 3. The van der Waals surface area contributed by atoms with E-state index in [1.165, 1.54) is 33.1 Å². The Morgan fingerprint density at radius 2 is 0.733 bits per heavy atom. The monoisotopic (exact) mass is 387 g/mol. The average molecular weight is 387 g/mol. The fourth-order valence-electron chi connectivity index (χ4n) is 6.96. The minimum Gasteiger partial charge on any atom is -0.343 e. The highest BCUT2D eigenvalue weighted by Crippen LogP contribution is 2.45. The Bertz CT molecular complexity index is 1030. The maximum absolute atomic E-state index is 2.78. The first-order valence-electron chi connectivity index (χ1n) is 11.3. The number of hydrogen-bond donors (Lipinski definition) is 0. The fourth-order valence-corrected chi connectivity index (χ4v) is 6.96. The third kappa shape index (κ3) is 1.91. The molecule has 0 spiro atoms. The van der Waals surface area contributed by atoms with Gasteiger partial charge in [-0.2, -0.15) is 0 Å². The second-order valence-corrected chi connectivity index (χ2v) is 9.38. The van der Waals surface area contributed by atoms with Crippen LogP contribution in [0.2, 0.25) is 0 Å². The van der Waals surface area contributed by atoms with Gasteiger partial charge in [0.25, 0.3) is 0 Å². The molecule has 0 N–H and O–H groups in total. The molecule has 4 aliphatic heterocycles. The van der Waals surface area contributed by atoms with Crippen LogP contribution in [0.3, 0.4) is 0 Å². The predicted molar refractivity (Wildman–Crippen MR) is 126 cm³/mol. The van der Waals surface area contributed by atoms with Crippen LogP contribution in [0.5, 0.6) is 0 Å². The first kappa shape index (κ1) is 17.4. The molecule has 3 atom stereocenters. The third-order valence-electron chi connectivity index (χ3n) is 8.21. The van der Waals surface area contributed by atoms with Gasteiger partial charge >= 0.3 is 20.9 Å². The summed E-state index contributed by atoms with van der Waals surface area (Å²) in [5, 5.41) is 0. The number of rotatable bonds is 0. The van der Waals surface area contributed by atoms with Crippen LogP contribution in [0.15, 0.2) is 72.8 Å². The maximum atomic E-state index is 2.78. The number of hydrogen-bond acceptors (Lipinski definition) is 3. The summed E-state index contributed by atoms with van der Waals surface area (Å²) in [5.74, 6) is 0. The van der Waals surface area contributed by atoms with E-state index in [1.807, 2.05) is 0 Å². The zero-order valence-electron chi connectivity index (χ0n) is 17.7. The van der Waals surface area contributed by atoms with Gasteiger partial charge in [0.1, 0.15) is 0 Å². The van der Waals surface area contributed by atoms with Gasteiger partial charge in [0.05, 0.1) is 0 Å². The molecule has 1 saturated heterocycles. The molecule has 4 heterocycles. The third-order valence-corrected chi connectivity index (χ3v) is 8.21. The van der Waals surface area contributed by atoms with Gasteiger partial charge in [0, 0.05) is 18.1 Å². The van der Waals surface area contributed by atoms with Crippen molar-refractivity contribution in [2.45, 2.75) is 38.9 Å². The molecule has 3 aromatic carbocycles. The van der Waals surface area contributed by atoms with E-state index in [-0.39, 0.29) is 0 Å². The zero-order valence-corrected chi connectivity index (χ0v) is 17.7. The second kappa shape index (κ2) is 5.91. The van der Waals surface area contributed by atoms with Crippen molar-refractivity contribution in [1.82, 2.24) is 14.2 Å². The minimum atomic E-state index is 0.309. The van der Waals surface area contributed by atoms with Crippen LogP contribution >= 0.6 is 0 Å². The Labute approximate surface area is 180 Å². The molecule has 0 aliphatic carbocycles. The van der Waals surface area contributed by atoms with Crippen molar-refractivity contribution in [3.05, 3.63) is 89.5 Å². The van der Waals surface area contributed by atoms with Crippen molar-refractivity contribution < 1.29 is 0 Å². The van der Waals surface area contributed by atoms with Crippen molar-refractivity contribution in [1.29, 1.82) is 0 Å². The average Bonchev–Trinajstić information content (AvgIpc) is 3.36. The Kier molecular flexibility index (Phi) is 3.43. The summed E-state index contributed by atoms with van der Waals surface area (Å²) in [6.45, 7) is 8.12. The SMILES string of the molecule is C[C@@H]1c2ccccc2B2N1B1c3ccccc3[C@@H](C)N1B1c3ccccc3[C@H](C)N21. The summed E-state index contributed by atoms with van der Waals surface area (Å²) in [6.07, 6.45) is 0. The molecule has 0 radical (unpaired) electrons. The standard InChI is InChI=1S/C24H24B3N3/c1-16-19-10-4-7-13-22(19)25-28(16)26-23-14-8-5-11-20(23)17(2)30(26)27-24-15-9-6-12-21(24)18(3)29(25)27/h4-18H,1-3H3/t16-,17-,18+/m1/s1. The van der Waals surface area contributed by atoms with E-state index in [2.05, 4.69) is 108 Å². The van der Waals surface area contributed by atoms with Gasteiger partial charge in [-0.1, -0.05) is 72.8 Å². The fraction of sp³-hybridized carbons (Fsp3) is 0.250. The highest BCUT2D eigenvalue weighted by molar-refractivity contribution is 7.00. The molecule has 3 aromatic rings. The lowest BCUT2D eigenvalue weighted by molar-refractivity contribution is 0.372. The first-order valence-corrected chi connectivity index (χ1v) is 11.3. The van der Waals surface area contributed by atoms with Crippen molar-refractivity contribution in [2.24, 2.45) is 0 Å². The van der Waals surface area contributed by atoms with Crippen LogP contribution in [-0.2, 0) is 0 Å². The molecule has 0 aromatic heterocycles. The summed E-state index contributed by atoms with van der Waals surface area (Å²) in [5.41, 5.74) is 8.94. The molecule has 3 nitrogen and oxygen atoms in total. The van der Waals surface area contributed by atoms with E-state index >= 15 is 0 Å². The van der Waals surface area contributed by atoms with Gasteiger partial charge in [-0.05, 0) is 53.8 Å². The largest absolute Gasteiger partial charge is 0.343 e. The summed E-state index contributed by atoms with van der Waals surface area (Å²) in [6, 6.07) is 28.6. The van der Waals surface area contributed by atoms with Crippen LogP contribution in [0.25, 0.3) is 0 Å². The van der Waals surface area contributed by atoms with E-state index in [0.717, 1.165) is 0 Å². The number of fused-ring (bicyclic) bond motifs is 12. The Hall–Kier alpha value is -2.27. The molecule has 1 fully saturated rings. The summed E-state index contributed by atoms with van der Waals surface area (Å²) >= 11 is 0. The van der Waals surface area contributed by atoms with Gasteiger partial charge in [-0.3, -0.25) is 0 Å². The molecule has 0 bridgehead atoms. The predicted octanol–water partition coefficient (Wildman–Crippen LogP) is 2.32. The van der Waals surface area contributed by atoms with Crippen molar-refractivity contribution in [2.75, 3.05) is 0 Å². The van der Waals surface area contributed by atoms with Crippen LogP contribution < -0.4 is 16.4 Å². The quantitative estimate of drug-likeness (QED) is 0.549. The molecule has 7 rings (SSSR count). The van der Waals surface area contributed by atoms with Gasteiger partial charge in [0.2, 0.25) is 0 Å². The second-order valence-electron chi connectivity index (χ2n) is 9.38. The van der Waals surface area contributed by atoms with Gasteiger partial charge < -0.3 is 14.2 Å². The molecule has 0 unspecified atom stereocenters. The molecular weight excluding hydrogens is 363 g/mol. The lowest BCUT2D eigenvalue weighted by Gasteiger charge is -2.51. The first-order chi connectivity index (χ1) is 14.7. The van der Waals surface area contributed by atoms with E-state index in [0.29, 0.717) is 39.1 Å². The lowest BCUT2D eigenvalue weighted by Crippen LogP contribution is -2.79. The summed E-state index contributed by atoms with van der Waals surface area (Å²) < 4.78 is 8.35. The van der Waals surface area contributed by atoms with E-state index in [1.54, 1.807) is 0 Å². The van der Waals surface area contributed by atoms with E-state index in [9.17, 15) is 0 Å². The van der Waals surface area contributed by atoms with Gasteiger partial charge in [-0.15, -0.1) is 0 Å².